The summed E-state index contributed by atoms with van der Waals surface area (Å²) in [6, 6.07) is 0. The minimum Gasteiger partial charge on any atom is -0.444 e. The van der Waals surface area contributed by atoms with E-state index in [0.717, 1.165) is 0 Å². The number of likely N-dealkylation sites (tertiary alicyclic amines) is 1. The van der Waals surface area contributed by atoms with Gasteiger partial charge in [0.2, 0.25) is 0 Å². The zero-order chi connectivity index (χ0) is 11.7. The molecule has 1 atom stereocenters. The van der Waals surface area contributed by atoms with E-state index in [1.165, 1.54) is 11.8 Å². The van der Waals surface area contributed by atoms with Gasteiger partial charge in [0.15, 0.2) is 0 Å². The molecule has 0 aliphatic carbocycles. The molecule has 0 N–H and O–H groups in total. The van der Waals surface area contributed by atoms with Crippen LogP contribution in [0.3, 0.4) is 0 Å². The van der Waals surface area contributed by atoms with Crippen molar-refractivity contribution >= 4 is 6.09 Å². The van der Waals surface area contributed by atoms with E-state index in [2.05, 4.69) is 0 Å². The Labute approximate surface area is 90.6 Å². The Morgan fingerprint density at radius 3 is 2.53 bits per heavy atom. The van der Waals surface area contributed by atoms with Crippen molar-refractivity contribution < 1.29 is 13.9 Å². The van der Waals surface area contributed by atoms with Crippen LogP contribution in [-0.4, -0.2) is 35.4 Å². The molecular formula is C11H20FNO2. The molecular weight excluding hydrogens is 197 g/mol. The summed E-state index contributed by atoms with van der Waals surface area (Å²) < 4.78 is 18.9. The molecule has 0 aromatic heterocycles. The molecule has 0 radical (unpaired) electrons. The molecule has 0 aromatic carbocycles. The van der Waals surface area contributed by atoms with Crippen molar-refractivity contribution in [2.75, 3.05) is 13.1 Å². The van der Waals surface area contributed by atoms with E-state index < -0.39 is 17.4 Å². The maximum Gasteiger partial charge on any atom is 0.410 e. The number of alkyl halides is 1. The first-order valence-electron chi connectivity index (χ1n) is 5.36. The van der Waals surface area contributed by atoms with E-state index in [1.807, 2.05) is 20.8 Å². The van der Waals surface area contributed by atoms with Crippen molar-refractivity contribution in [2.24, 2.45) is 0 Å². The predicted molar refractivity (Wildman–Crippen MR) is 56.6 cm³/mol. The van der Waals surface area contributed by atoms with Crippen molar-refractivity contribution in [3.63, 3.8) is 0 Å². The smallest absolute Gasteiger partial charge is 0.410 e. The number of amides is 1. The monoisotopic (exact) mass is 217 g/mol. The molecule has 88 valence electrons. The second-order valence-electron chi connectivity index (χ2n) is 5.42. The summed E-state index contributed by atoms with van der Waals surface area (Å²) in [5.74, 6) is 0. The number of nitrogens with zero attached hydrogens (tertiary/aromatic N) is 1. The van der Waals surface area contributed by atoms with Crippen LogP contribution in [-0.2, 0) is 4.74 Å². The van der Waals surface area contributed by atoms with Crippen LogP contribution in [0.2, 0.25) is 0 Å². The molecule has 15 heavy (non-hydrogen) atoms. The van der Waals surface area contributed by atoms with Crippen LogP contribution in [0.5, 0.6) is 0 Å². The van der Waals surface area contributed by atoms with Crippen LogP contribution < -0.4 is 0 Å². The number of rotatable bonds is 0. The van der Waals surface area contributed by atoms with Gasteiger partial charge >= 0.3 is 6.09 Å². The fraction of sp³-hybridized carbons (Fsp3) is 0.909. The highest BCUT2D eigenvalue weighted by Gasteiger charge is 2.34. The number of hydrogen-bond donors (Lipinski definition) is 0. The van der Waals surface area contributed by atoms with Gasteiger partial charge in [-0.1, -0.05) is 0 Å². The third kappa shape index (κ3) is 4.06. The van der Waals surface area contributed by atoms with Gasteiger partial charge in [-0.15, -0.1) is 0 Å². The van der Waals surface area contributed by atoms with Gasteiger partial charge in [-0.3, -0.25) is 0 Å². The van der Waals surface area contributed by atoms with Crippen molar-refractivity contribution in [1.29, 1.82) is 0 Å². The van der Waals surface area contributed by atoms with Crippen molar-refractivity contribution in [3.8, 4) is 0 Å². The number of ether oxygens (including phenoxy) is 1. The highest BCUT2D eigenvalue weighted by Crippen LogP contribution is 2.25. The Morgan fingerprint density at radius 2 is 2.07 bits per heavy atom. The average molecular weight is 217 g/mol. The lowest BCUT2D eigenvalue weighted by Crippen LogP contribution is -2.48. The minimum absolute atomic E-state index is 0.141. The minimum atomic E-state index is -1.27. The van der Waals surface area contributed by atoms with Crippen molar-refractivity contribution in [3.05, 3.63) is 0 Å². The Hall–Kier alpha value is -0.800. The third-order valence-corrected chi connectivity index (χ3v) is 2.30. The van der Waals surface area contributed by atoms with Gasteiger partial charge in [-0.05, 0) is 40.5 Å². The number of piperidine rings is 1. The molecule has 0 saturated carbocycles. The molecule has 0 spiro atoms. The number of halogens is 1. The van der Waals surface area contributed by atoms with E-state index in [1.54, 1.807) is 0 Å². The number of carbonyl (C=O) groups excluding carboxylic acids is 1. The van der Waals surface area contributed by atoms with Gasteiger partial charge in [0.25, 0.3) is 0 Å². The molecule has 1 amide bonds. The van der Waals surface area contributed by atoms with Gasteiger partial charge in [0.05, 0.1) is 6.54 Å². The molecule has 1 rings (SSSR count). The fourth-order valence-electron chi connectivity index (χ4n) is 1.68. The Kier molecular flexibility index (Phi) is 3.26. The van der Waals surface area contributed by atoms with E-state index in [-0.39, 0.29) is 6.54 Å². The summed E-state index contributed by atoms with van der Waals surface area (Å²) >= 11 is 0. The summed E-state index contributed by atoms with van der Waals surface area (Å²) in [6.07, 6.45) is 0.810. The molecule has 4 heteroatoms. The average Bonchev–Trinajstić information content (AvgIpc) is 1.99. The zero-order valence-electron chi connectivity index (χ0n) is 9.97. The van der Waals surface area contributed by atoms with Crippen LogP contribution >= 0.6 is 0 Å². The molecule has 1 aliphatic rings. The fourth-order valence-corrected chi connectivity index (χ4v) is 1.68. The van der Waals surface area contributed by atoms with Crippen LogP contribution in [0.4, 0.5) is 9.18 Å². The summed E-state index contributed by atoms with van der Waals surface area (Å²) in [4.78, 5) is 13.1. The van der Waals surface area contributed by atoms with E-state index in [4.69, 9.17) is 4.74 Å². The summed E-state index contributed by atoms with van der Waals surface area (Å²) in [5, 5.41) is 0. The van der Waals surface area contributed by atoms with Gasteiger partial charge < -0.3 is 9.64 Å². The molecule has 1 fully saturated rings. The Balaban J connectivity index is 2.53. The maximum absolute atomic E-state index is 13.7. The lowest BCUT2D eigenvalue weighted by molar-refractivity contribution is -0.000849. The normalized spacial score (nSPS) is 27.7. The first-order chi connectivity index (χ1) is 6.70. The first-order valence-corrected chi connectivity index (χ1v) is 5.36. The lowest BCUT2D eigenvalue weighted by Gasteiger charge is -2.35. The molecule has 1 saturated heterocycles. The second-order valence-corrected chi connectivity index (χ2v) is 5.42. The number of carbonyl (C=O) groups is 1. The van der Waals surface area contributed by atoms with Crippen LogP contribution in [0, 0.1) is 0 Å². The topological polar surface area (TPSA) is 29.5 Å². The second kappa shape index (κ2) is 3.99. The van der Waals surface area contributed by atoms with Gasteiger partial charge in [-0.2, -0.15) is 0 Å². The van der Waals surface area contributed by atoms with Gasteiger partial charge in [0, 0.05) is 6.54 Å². The van der Waals surface area contributed by atoms with Gasteiger partial charge in [0.1, 0.15) is 11.3 Å². The quantitative estimate of drug-likeness (QED) is 0.624. The molecule has 1 heterocycles. The first kappa shape index (κ1) is 12.3. The number of hydrogen-bond acceptors (Lipinski definition) is 2. The van der Waals surface area contributed by atoms with Crippen LogP contribution in [0.1, 0.15) is 40.5 Å². The molecule has 1 aliphatic heterocycles. The van der Waals surface area contributed by atoms with Crippen molar-refractivity contribution in [1.82, 2.24) is 4.90 Å². The van der Waals surface area contributed by atoms with E-state index in [0.29, 0.717) is 19.4 Å². The van der Waals surface area contributed by atoms with Gasteiger partial charge in [-0.25, -0.2) is 9.18 Å². The van der Waals surface area contributed by atoms with E-state index >= 15 is 0 Å². The maximum atomic E-state index is 13.7. The highest BCUT2D eigenvalue weighted by molar-refractivity contribution is 5.68. The summed E-state index contributed by atoms with van der Waals surface area (Å²) in [7, 11) is 0. The third-order valence-electron chi connectivity index (χ3n) is 2.30. The van der Waals surface area contributed by atoms with Crippen LogP contribution in [0.15, 0.2) is 0 Å². The highest BCUT2D eigenvalue weighted by atomic mass is 19.1. The summed E-state index contributed by atoms with van der Waals surface area (Å²) in [6.45, 7) is 7.69. The largest absolute Gasteiger partial charge is 0.444 e. The van der Waals surface area contributed by atoms with Crippen molar-refractivity contribution in [2.45, 2.75) is 51.8 Å². The molecule has 3 nitrogen and oxygen atoms in total. The standard InChI is InChI=1S/C11H20FNO2/c1-10(2,3)15-9(14)13-7-5-6-11(4,12)8-13/h5-8H2,1-4H3/t11-/m1/s1. The molecule has 0 unspecified atom stereocenters. The summed E-state index contributed by atoms with van der Waals surface area (Å²) in [5.41, 5.74) is -1.78. The molecule has 0 aromatic rings. The Morgan fingerprint density at radius 1 is 1.47 bits per heavy atom. The van der Waals surface area contributed by atoms with E-state index in [9.17, 15) is 9.18 Å². The predicted octanol–water partition coefficient (Wildman–Crippen LogP) is 2.75. The molecule has 0 bridgehead atoms. The zero-order valence-corrected chi connectivity index (χ0v) is 9.97. The Bertz CT molecular complexity index is 245. The lowest BCUT2D eigenvalue weighted by atomic mass is 9.97. The SMILES string of the molecule is CC(C)(C)OC(=O)N1CCC[C@@](C)(F)C1. The van der Waals surface area contributed by atoms with Crippen LogP contribution in [0.25, 0.3) is 0 Å².